The van der Waals surface area contributed by atoms with Crippen LogP contribution in [0.3, 0.4) is 0 Å². The Morgan fingerprint density at radius 2 is 1.85 bits per heavy atom. The highest BCUT2D eigenvalue weighted by Crippen LogP contribution is 2.24. The first kappa shape index (κ1) is 18.1. The van der Waals surface area contributed by atoms with Crippen LogP contribution in [0, 0.1) is 19.7 Å². The average Bonchev–Trinajstić information content (AvgIpc) is 2.93. The Kier molecular flexibility index (Phi) is 4.53. The zero-order valence-electron chi connectivity index (χ0n) is 14.6. The smallest absolute Gasteiger partial charge is 0.335 e. The lowest BCUT2D eigenvalue weighted by atomic mass is 9.91. The number of likely N-dealkylation sites (tertiary alicyclic amines) is 1. The van der Waals surface area contributed by atoms with Gasteiger partial charge in [0, 0.05) is 37.2 Å². The molecule has 2 heterocycles. The molecule has 0 bridgehead atoms. The maximum atomic E-state index is 14.5. The van der Waals surface area contributed by atoms with Crippen LogP contribution in [0.15, 0.2) is 24.3 Å². The van der Waals surface area contributed by atoms with Gasteiger partial charge in [-0.05, 0) is 38.1 Å². The predicted octanol–water partition coefficient (Wildman–Crippen LogP) is 1.68. The normalized spacial score (nSPS) is 16.5. The van der Waals surface area contributed by atoms with E-state index < -0.39 is 23.3 Å². The lowest BCUT2D eigenvalue weighted by Gasteiger charge is -2.35. The predicted molar refractivity (Wildman–Crippen MR) is 90.7 cm³/mol. The molecule has 0 atom stereocenters. The molecule has 7 nitrogen and oxygen atoms in total. The first-order valence-electron chi connectivity index (χ1n) is 8.29. The maximum absolute atomic E-state index is 14.5. The van der Waals surface area contributed by atoms with Crippen molar-refractivity contribution >= 4 is 11.9 Å². The number of carbonyl (C=O) groups excluding carboxylic acids is 1. The molecule has 1 saturated heterocycles. The Balaban J connectivity index is 1.78. The highest BCUT2D eigenvalue weighted by Gasteiger charge is 2.40. The number of aromatic nitrogens is 2. The number of carboxylic acid groups (broad SMARTS) is 1. The molecule has 26 heavy (non-hydrogen) atoms. The number of aryl methyl sites for hydroxylation is 2. The van der Waals surface area contributed by atoms with E-state index in [2.05, 4.69) is 5.10 Å². The molecule has 0 unspecified atom stereocenters. The molecule has 0 spiro atoms. The highest BCUT2D eigenvalue weighted by molar-refractivity contribution is 5.94. The van der Waals surface area contributed by atoms with Crippen molar-refractivity contribution in [3.63, 3.8) is 0 Å². The first-order chi connectivity index (χ1) is 12.2. The molecule has 138 valence electrons. The van der Waals surface area contributed by atoms with E-state index in [-0.39, 0.29) is 37.2 Å². The highest BCUT2D eigenvalue weighted by atomic mass is 19.1. The van der Waals surface area contributed by atoms with E-state index in [9.17, 15) is 19.1 Å². The summed E-state index contributed by atoms with van der Waals surface area (Å²) in [6, 6.07) is 6.01. The fraction of sp³-hybridized carbons (Fsp3) is 0.389. The summed E-state index contributed by atoms with van der Waals surface area (Å²) >= 11 is 0. The molecule has 1 aliphatic rings. The van der Waals surface area contributed by atoms with Gasteiger partial charge in [-0.2, -0.15) is 5.10 Å². The summed E-state index contributed by atoms with van der Waals surface area (Å²) < 4.78 is 16.0. The van der Waals surface area contributed by atoms with Crippen LogP contribution in [0.4, 0.5) is 4.39 Å². The zero-order chi connectivity index (χ0) is 19.1. The minimum Gasteiger partial charge on any atom is -0.479 e. The standard InChI is InChI=1S/C18H20FN3O4/c1-11-9-12(2)22(20-11)15-4-3-13(10-14(15)19)16(23)21-7-5-18(26,6-8-21)17(24)25/h3-4,9-10,26H,5-8H2,1-2H3,(H,24,25). The van der Waals surface area contributed by atoms with Gasteiger partial charge >= 0.3 is 5.97 Å². The molecule has 1 amide bonds. The molecule has 0 saturated carbocycles. The summed E-state index contributed by atoms with van der Waals surface area (Å²) in [4.78, 5) is 25.0. The van der Waals surface area contributed by atoms with Crippen LogP contribution in [0.1, 0.15) is 34.6 Å². The Hall–Kier alpha value is -2.74. The van der Waals surface area contributed by atoms with Crippen LogP contribution < -0.4 is 0 Å². The van der Waals surface area contributed by atoms with Crippen LogP contribution in [0.2, 0.25) is 0 Å². The molecule has 1 aromatic heterocycles. The van der Waals surface area contributed by atoms with Crippen molar-refractivity contribution in [3.8, 4) is 5.69 Å². The van der Waals surface area contributed by atoms with Crippen molar-refractivity contribution in [3.05, 3.63) is 47.0 Å². The molecule has 0 radical (unpaired) electrons. The minimum atomic E-state index is -1.80. The van der Waals surface area contributed by atoms with Crippen LogP contribution in [-0.4, -0.2) is 55.5 Å². The van der Waals surface area contributed by atoms with Gasteiger partial charge in [0.15, 0.2) is 5.60 Å². The molecule has 1 aliphatic heterocycles. The lowest BCUT2D eigenvalue weighted by Crippen LogP contribution is -2.50. The average molecular weight is 361 g/mol. The number of hydrogen-bond donors (Lipinski definition) is 2. The second-order valence-corrected chi connectivity index (χ2v) is 6.63. The van der Waals surface area contributed by atoms with Gasteiger partial charge in [-0.15, -0.1) is 0 Å². The largest absolute Gasteiger partial charge is 0.479 e. The summed E-state index contributed by atoms with van der Waals surface area (Å²) in [5.74, 6) is -2.25. The van der Waals surface area contributed by atoms with E-state index in [0.717, 1.165) is 17.5 Å². The molecule has 1 fully saturated rings. The number of rotatable bonds is 3. The number of hydrogen-bond acceptors (Lipinski definition) is 4. The van der Waals surface area contributed by atoms with E-state index in [1.165, 1.54) is 21.7 Å². The van der Waals surface area contributed by atoms with E-state index in [1.54, 1.807) is 0 Å². The van der Waals surface area contributed by atoms with Crippen molar-refractivity contribution in [1.82, 2.24) is 14.7 Å². The van der Waals surface area contributed by atoms with Crippen molar-refractivity contribution in [2.75, 3.05) is 13.1 Å². The summed E-state index contributed by atoms with van der Waals surface area (Å²) in [5.41, 5.74) is 0.173. The molecule has 2 aromatic rings. The molecular formula is C18H20FN3O4. The maximum Gasteiger partial charge on any atom is 0.335 e. The van der Waals surface area contributed by atoms with E-state index in [1.807, 2.05) is 19.9 Å². The fourth-order valence-corrected chi connectivity index (χ4v) is 3.16. The Morgan fingerprint density at radius 3 is 2.35 bits per heavy atom. The third kappa shape index (κ3) is 3.20. The van der Waals surface area contributed by atoms with Gasteiger partial charge < -0.3 is 15.1 Å². The minimum absolute atomic E-state index is 0.0552. The number of piperidine rings is 1. The first-order valence-corrected chi connectivity index (χ1v) is 8.29. The van der Waals surface area contributed by atoms with Crippen molar-refractivity contribution < 1.29 is 24.2 Å². The van der Waals surface area contributed by atoms with Gasteiger partial charge in [-0.25, -0.2) is 13.9 Å². The van der Waals surface area contributed by atoms with Crippen LogP contribution in [-0.2, 0) is 4.79 Å². The second kappa shape index (κ2) is 6.53. The number of nitrogens with zero attached hydrogens (tertiary/aromatic N) is 3. The summed E-state index contributed by atoms with van der Waals surface area (Å²) in [6.07, 6.45) is -0.110. The van der Waals surface area contributed by atoms with Gasteiger partial charge in [0.05, 0.1) is 5.69 Å². The number of carboxylic acids is 1. The molecule has 8 heteroatoms. The summed E-state index contributed by atoms with van der Waals surface area (Å²) in [6.45, 7) is 3.83. The number of amides is 1. The monoisotopic (exact) mass is 361 g/mol. The zero-order valence-corrected chi connectivity index (χ0v) is 14.6. The van der Waals surface area contributed by atoms with Gasteiger partial charge in [0.25, 0.3) is 5.91 Å². The van der Waals surface area contributed by atoms with Gasteiger partial charge in [0.2, 0.25) is 0 Å². The SMILES string of the molecule is Cc1cc(C)n(-c2ccc(C(=O)N3CCC(O)(C(=O)O)CC3)cc2F)n1. The molecule has 1 aromatic carbocycles. The third-order valence-corrected chi connectivity index (χ3v) is 4.71. The topological polar surface area (TPSA) is 95.7 Å². The lowest BCUT2D eigenvalue weighted by molar-refractivity contribution is -0.162. The van der Waals surface area contributed by atoms with Gasteiger partial charge in [0.1, 0.15) is 11.5 Å². The quantitative estimate of drug-likeness (QED) is 0.867. The second-order valence-electron chi connectivity index (χ2n) is 6.63. The fourth-order valence-electron chi connectivity index (χ4n) is 3.16. The summed E-state index contributed by atoms with van der Waals surface area (Å²) in [5, 5.41) is 23.2. The van der Waals surface area contributed by atoms with Crippen LogP contribution in [0.25, 0.3) is 5.69 Å². The summed E-state index contributed by atoms with van der Waals surface area (Å²) in [7, 11) is 0. The van der Waals surface area contributed by atoms with E-state index in [4.69, 9.17) is 5.11 Å². The van der Waals surface area contributed by atoms with Gasteiger partial charge in [-0.1, -0.05) is 0 Å². The third-order valence-electron chi connectivity index (χ3n) is 4.71. The Morgan fingerprint density at radius 1 is 1.19 bits per heavy atom. The van der Waals surface area contributed by atoms with E-state index in [0.29, 0.717) is 0 Å². The Bertz CT molecular complexity index is 869. The number of aliphatic hydroxyl groups is 1. The van der Waals surface area contributed by atoms with Crippen LogP contribution >= 0.6 is 0 Å². The number of carbonyl (C=O) groups is 2. The number of halogens is 1. The van der Waals surface area contributed by atoms with Crippen molar-refractivity contribution in [2.45, 2.75) is 32.3 Å². The van der Waals surface area contributed by atoms with Crippen LogP contribution in [0.5, 0.6) is 0 Å². The number of aliphatic carboxylic acids is 1. The Labute approximate surface area is 149 Å². The molecule has 2 N–H and O–H groups in total. The van der Waals surface area contributed by atoms with Crippen molar-refractivity contribution in [2.24, 2.45) is 0 Å². The molecule has 0 aliphatic carbocycles. The van der Waals surface area contributed by atoms with Gasteiger partial charge in [-0.3, -0.25) is 4.79 Å². The number of benzene rings is 1. The van der Waals surface area contributed by atoms with Crippen molar-refractivity contribution in [1.29, 1.82) is 0 Å². The molecule has 3 rings (SSSR count). The van der Waals surface area contributed by atoms with E-state index >= 15 is 0 Å². The molecular weight excluding hydrogens is 341 g/mol.